The van der Waals surface area contributed by atoms with Crippen LogP contribution >= 0.6 is 0 Å². The summed E-state index contributed by atoms with van der Waals surface area (Å²) in [4.78, 5) is 0. The molecule has 0 radical (unpaired) electrons. The maximum Gasteiger partial charge on any atom is 0.122 e. The van der Waals surface area contributed by atoms with Gasteiger partial charge < -0.3 is 10.8 Å². The van der Waals surface area contributed by atoms with E-state index in [1.807, 2.05) is 0 Å². The van der Waals surface area contributed by atoms with Gasteiger partial charge in [0, 0.05) is 11.3 Å². The molecular formula is C24H35NO. The molecule has 3 N–H and O–H groups in total. The highest BCUT2D eigenvalue weighted by Crippen LogP contribution is 2.41. The van der Waals surface area contributed by atoms with E-state index in [1.54, 1.807) is 0 Å². The van der Waals surface area contributed by atoms with Gasteiger partial charge in [-0.15, -0.1) is 0 Å². The van der Waals surface area contributed by atoms with E-state index in [2.05, 4.69) is 79.7 Å². The smallest absolute Gasteiger partial charge is 0.122 e. The van der Waals surface area contributed by atoms with Crippen LogP contribution in [0.4, 0.5) is 5.69 Å². The molecule has 0 bridgehead atoms. The molecule has 2 aromatic carbocycles. The second-order valence-corrected chi connectivity index (χ2v) is 8.69. The number of hydrogen-bond donors (Lipinski definition) is 2. The Morgan fingerprint density at radius 3 is 1.50 bits per heavy atom. The lowest BCUT2D eigenvalue weighted by atomic mass is 9.85. The largest absolute Gasteiger partial charge is 0.507 e. The molecule has 0 saturated carbocycles. The average molecular weight is 354 g/mol. The zero-order chi connectivity index (χ0) is 19.8. The SMILES string of the molecule is CC(C)c1cc(-c2cc(C(C)C)c(O)c(C(C)C)c2)c(N)c(C(C)C)c1. The molecule has 0 fully saturated rings. The van der Waals surface area contributed by atoms with Crippen molar-refractivity contribution in [1.29, 1.82) is 0 Å². The third kappa shape index (κ3) is 3.90. The van der Waals surface area contributed by atoms with Gasteiger partial charge in [-0.05, 0) is 69.7 Å². The minimum absolute atomic E-state index is 0.256. The third-order valence-corrected chi connectivity index (χ3v) is 5.25. The van der Waals surface area contributed by atoms with E-state index in [4.69, 9.17) is 5.73 Å². The van der Waals surface area contributed by atoms with Crippen LogP contribution < -0.4 is 5.73 Å². The fraction of sp³-hybridized carbons (Fsp3) is 0.500. The Balaban J connectivity index is 2.82. The minimum atomic E-state index is 0.256. The van der Waals surface area contributed by atoms with Gasteiger partial charge in [0.05, 0.1) is 0 Å². The maximum absolute atomic E-state index is 10.7. The van der Waals surface area contributed by atoms with Gasteiger partial charge in [0.1, 0.15) is 5.75 Å². The summed E-state index contributed by atoms with van der Waals surface area (Å²) >= 11 is 0. The van der Waals surface area contributed by atoms with E-state index in [0.29, 0.717) is 17.6 Å². The van der Waals surface area contributed by atoms with Crippen LogP contribution in [0.25, 0.3) is 11.1 Å². The standard InChI is InChI=1S/C24H35NO/c1-13(2)17-9-19(14(3)4)23(25)22(10-17)18-11-20(15(5)6)24(26)21(12-18)16(7)8/h9-16,26H,25H2,1-8H3. The first-order valence-corrected chi connectivity index (χ1v) is 9.85. The van der Waals surface area contributed by atoms with Gasteiger partial charge in [0.25, 0.3) is 0 Å². The first-order valence-electron chi connectivity index (χ1n) is 9.85. The monoisotopic (exact) mass is 353 g/mol. The first-order chi connectivity index (χ1) is 12.0. The Labute approximate surface area is 159 Å². The number of phenols is 1. The molecule has 0 aliphatic heterocycles. The maximum atomic E-state index is 10.7. The van der Waals surface area contributed by atoms with Crippen molar-refractivity contribution in [2.75, 3.05) is 5.73 Å². The molecule has 0 spiro atoms. The molecule has 26 heavy (non-hydrogen) atoms. The number of benzene rings is 2. The van der Waals surface area contributed by atoms with E-state index in [1.165, 1.54) is 11.1 Å². The van der Waals surface area contributed by atoms with Crippen molar-refractivity contribution in [3.63, 3.8) is 0 Å². The van der Waals surface area contributed by atoms with Crippen LogP contribution in [0, 0.1) is 0 Å². The summed E-state index contributed by atoms with van der Waals surface area (Å²) in [6.45, 7) is 17.3. The molecule has 0 aliphatic carbocycles. The van der Waals surface area contributed by atoms with Crippen molar-refractivity contribution in [3.05, 3.63) is 46.5 Å². The van der Waals surface area contributed by atoms with E-state index in [-0.39, 0.29) is 11.8 Å². The van der Waals surface area contributed by atoms with E-state index < -0.39 is 0 Å². The average Bonchev–Trinajstić information content (AvgIpc) is 2.54. The molecule has 0 unspecified atom stereocenters. The lowest BCUT2D eigenvalue weighted by Gasteiger charge is -2.21. The summed E-state index contributed by atoms with van der Waals surface area (Å²) in [5, 5.41) is 10.7. The Kier molecular flexibility index (Phi) is 6.05. The van der Waals surface area contributed by atoms with Gasteiger partial charge in [-0.1, -0.05) is 61.5 Å². The number of hydrogen-bond acceptors (Lipinski definition) is 2. The van der Waals surface area contributed by atoms with Gasteiger partial charge in [0.15, 0.2) is 0 Å². The summed E-state index contributed by atoms with van der Waals surface area (Å²) in [5.41, 5.74) is 14.2. The van der Waals surface area contributed by atoms with E-state index in [0.717, 1.165) is 27.9 Å². The van der Waals surface area contributed by atoms with Gasteiger partial charge in [0.2, 0.25) is 0 Å². The second kappa shape index (κ2) is 7.73. The lowest BCUT2D eigenvalue weighted by molar-refractivity contribution is 0.454. The van der Waals surface area contributed by atoms with Crippen LogP contribution in [0.1, 0.15) is 101 Å². The number of nitrogen functional groups attached to an aromatic ring is 1. The first kappa shape index (κ1) is 20.4. The predicted octanol–water partition coefficient (Wildman–Crippen LogP) is 7.14. The number of nitrogens with two attached hydrogens (primary N) is 1. The van der Waals surface area contributed by atoms with E-state index in [9.17, 15) is 5.11 Å². The van der Waals surface area contributed by atoms with Crippen molar-refractivity contribution < 1.29 is 5.11 Å². The number of rotatable bonds is 5. The fourth-order valence-electron chi connectivity index (χ4n) is 3.46. The normalized spacial score (nSPS) is 12.0. The van der Waals surface area contributed by atoms with Crippen LogP contribution in [0.5, 0.6) is 5.75 Å². The molecule has 0 heterocycles. The molecule has 0 amide bonds. The molecule has 142 valence electrons. The van der Waals surface area contributed by atoms with Crippen LogP contribution in [0.15, 0.2) is 24.3 Å². The molecule has 0 atom stereocenters. The summed E-state index contributed by atoms with van der Waals surface area (Å²) in [5.74, 6) is 1.76. The quantitative estimate of drug-likeness (QED) is 0.561. The molecule has 2 nitrogen and oxygen atoms in total. The Hall–Kier alpha value is -1.96. The van der Waals surface area contributed by atoms with Gasteiger partial charge >= 0.3 is 0 Å². The molecule has 0 aliphatic rings. The fourth-order valence-corrected chi connectivity index (χ4v) is 3.46. The second-order valence-electron chi connectivity index (χ2n) is 8.69. The molecule has 0 aromatic heterocycles. The minimum Gasteiger partial charge on any atom is -0.507 e. The highest BCUT2D eigenvalue weighted by Gasteiger charge is 2.19. The summed E-state index contributed by atoms with van der Waals surface area (Å²) in [6, 6.07) is 8.71. The van der Waals surface area contributed by atoms with Crippen LogP contribution in [-0.4, -0.2) is 5.11 Å². The highest BCUT2D eigenvalue weighted by molar-refractivity contribution is 5.81. The Morgan fingerprint density at radius 1 is 0.654 bits per heavy atom. The van der Waals surface area contributed by atoms with Gasteiger partial charge in [-0.3, -0.25) is 0 Å². The zero-order valence-corrected chi connectivity index (χ0v) is 17.6. The topological polar surface area (TPSA) is 46.2 Å². The van der Waals surface area contributed by atoms with Crippen molar-refractivity contribution in [1.82, 2.24) is 0 Å². The number of aromatic hydroxyl groups is 1. The van der Waals surface area contributed by atoms with Crippen molar-refractivity contribution >= 4 is 5.69 Å². The summed E-state index contributed by atoms with van der Waals surface area (Å²) < 4.78 is 0. The Morgan fingerprint density at radius 2 is 1.12 bits per heavy atom. The molecule has 2 aromatic rings. The third-order valence-electron chi connectivity index (χ3n) is 5.25. The van der Waals surface area contributed by atoms with Crippen molar-refractivity contribution in [2.24, 2.45) is 0 Å². The molecular weight excluding hydrogens is 318 g/mol. The number of anilines is 1. The van der Waals surface area contributed by atoms with Crippen molar-refractivity contribution in [2.45, 2.75) is 79.1 Å². The number of phenolic OH excluding ortho intramolecular Hbond substituents is 1. The van der Waals surface area contributed by atoms with Crippen molar-refractivity contribution in [3.8, 4) is 16.9 Å². The van der Waals surface area contributed by atoms with Gasteiger partial charge in [-0.25, -0.2) is 0 Å². The lowest BCUT2D eigenvalue weighted by Crippen LogP contribution is -2.04. The molecule has 0 saturated heterocycles. The molecule has 2 rings (SSSR count). The van der Waals surface area contributed by atoms with Crippen LogP contribution in [0.3, 0.4) is 0 Å². The zero-order valence-electron chi connectivity index (χ0n) is 17.6. The van der Waals surface area contributed by atoms with Crippen LogP contribution in [-0.2, 0) is 0 Å². The summed E-state index contributed by atoms with van der Waals surface area (Å²) in [7, 11) is 0. The van der Waals surface area contributed by atoms with Gasteiger partial charge in [-0.2, -0.15) is 0 Å². The Bertz CT molecular complexity index is 756. The summed E-state index contributed by atoms with van der Waals surface area (Å²) in [6.07, 6.45) is 0. The highest BCUT2D eigenvalue weighted by atomic mass is 16.3. The van der Waals surface area contributed by atoms with E-state index >= 15 is 0 Å². The predicted molar refractivity (Wildman–Crippen MR) is 114 cm³/mol. The molecule has 2 heteroatoms. The van der Waals surface area contributed by atoms with Crippen LogP contribution in [0.2, 0.25) is 0 Å².